The van der Waals surface area contributed by atoms with Crippen molar-refractivity contribution >= 4 is 41.0 Å². The van der Waals surface area contributed by atoms with Crippen molar-refractivity contribution in [1.82, 2.24) is 4.90 Å². The summed E-state index contributed by atoms with van der Waals surface area (Å²) in [7, 11) is 0. The molecule has 0 bridgehead atoms. The smallest absolute Gasteiger partial charge is 0.329 e. The van der Waals surface area contributed by atoms with Gasteiger partial charge in [0.25, 0.3) is 17.7 Å². The zero-order valence-electron chi connectivity index (χ0n) is 18.2. The average molecular weight is 449 g/mol. The molecule has 1 N–H and O–H groups in total. The fourth-order valence-electron chi connectivity index (χ4n) is 4.01. The van der Waals surface area contributed by atoms with Crippen LogP contribution in [0.1, 0.15) is 41.0 Å². The highest BCUT2D eigenvalue weighted by atomic mass is 16.5. The number of carbonyl (C=O) groups excluding carboxylic acids is 5. The number of ether oxygens (including phenoxy) is 1. The van der Waals surface area contributed by atoms with Crippen molar-refractivity contribution in [3.8, 4) is 0 Å². The maximum Gasteiger partial charge on any atom is 0.329 e. The second-order valence-electron chi connectivity index (χ2n) is 8.32. The summed E-state index contributed by atoms with van der Waals surface area (Å²) in [6.45, 7) is 2.87. The average Bonchev–Trinajstić information content (AvgIpc) is 3.05. The van der Waals surface area contributed by atoms with Crippen LogP contribution in [-0.2, 0) is 19.1 Å². The molecule has 9 heteroatoms. The van der Waals surface area contributed by atoms with E-state index in [0.29, 0.717) is 11.4 Å². The van der Waals surface area contributed by atoms with Gasteiger partial charge in [0.15, 0.2) is 6.61 Å². The minimum absolute atomic E-state index is 0.0276. The van der Waals surface area contributed by atoms with Crippen molar-refractivity contribution in [2.24, 2.45) is 5.92 Å². The third kappa shape index (κ3) is 4.21. The quantitative estimate of drug-likeness (QED) is 0.535. The summed E-state index contributed by atoms with van der Waals surface area (Å²) in [5, 5.41) is 2.68. The van der Waals surface area contributed by atoms with Crippen molar-refractivity contribution < 1.29 is 28.7 Å². The number of hydrogen-bond donors (Lipinski definition) is 1. The maximum atomic E-state index is 13.0. The molecule has 1 atom stereocenters. The van der Waals surface area contributed by atoms with Gasteiger partial charge in [-0.1, -0.05) is 38.1 Å². The molecule has 0 aliphatic carbocycles. The monoisotopic (exact) mass is 449 g/mol. The van der Waals surface area contributed by atoms with Crippen LogP contribution < -0.4 is 10.2 Å². The molecule has 0 saturated carbocycles. The first-order valence-electron chi connectivity index (χ1n) is 10.6. The number of nitrogens with one attached hydrogen (secondary N) is 1. The lowest BCUT2D eigenvalue weighted by molar-refractivity contribution is -0.152. The molecule has 4 amide bonds. The SMILES string of the molecule is CC(C)CC(C(=O)OCC(=O)N1CC(=O)Nc2ccccc21)N1C(=O)c2ccccc2C1=O. The van der Waals surface area contributed by atoms with Gasteiger partial charge in [0.2, 0.25) is 5.91 Å². The Labute approximate surface area is 190 Å². The molecule has 1 unspecified atom stereocenters. The second kappa shape index (κ2) is 8.85. The number of rotatable bonds is 6. The van der Waals surface area contributed by atoms with Crippen LogP contribution in [0.2, 0.25) is 0 Å². The van der Waals surface area contributed by atoms with E-state index >= 15 is 0 Å². The molecule has 4 rings (SSSR count). The van der Waals surface area contributed by atoms with Gasteiger partial charge in [-0.25, -0.2) is 4.79 Å². The van der Waals surface area contributed by atoms with Crippen LogP contribution in [0.4, 0.5) is 11.4 Å². The highest BCUT2D eigenvalue weighted by molar-refractivity contribution is 6.22. The summed E-state index contributed by atoms with van der Waals surface area (Å²) >= 11 is 0. The van der Waals surface area contributed by atoms with Crippen molar-refractivity contribution in [1.29, 1.82) is 0 Å². The van der Waals surface area contributed by atoms with Crippen molar-refractivity contribution in [2.45, 2.75) is 26.3 Å². The van der Waals surface area contributed by atoms with E-state index in [4.69, 9.17) is 4.74 Å². The lowest BCUT2D eigenvalue weighted by Gasteiger charge is -2.29. The zero-order valence-corrected chi connectivity index (χ0v) is 18.2. The number of para-hydroxylation sites is 2. The number of hydrogen-bond acceptors (Lipinski definition) is 6. The van der Waals surface area contributed by atoms with Crippen LogP contribution in [0.15, 0.2) is 48.5 Å². The van der Waals surface area contributed by atoms with Gasteiger partial charge in [0, 0.05) is 0 Å². The van der Waals surface area contributed by atoms with Gasteiger partial charge in [-0.2, -0.15) is 0 Å². The third-order valence-corrected chi connectivity index (χ3v) is 5.51. The van der Waals surface area contributed by atoms with E-state index in [0.717, 1.165) is 4.90 Å². The van der Waals surface area contributed by atoms with E-state index < -0.39 is 36.3 Å². The van der Waals surface area contributed by atoms with E-state index in [1.165, 1.54) is 17.0 Å². The minimum atomic E-state index is -1.16. The molecule has 2 heterocycles. The first kappa shape index (κ1) is 22.2. The van der Waals surface area contributed by atoms with Gasteiger partial charge >= 0.3 is 5.97 Å². The van der Waals surface area contributed by atoms with Crippen LogP contribution in [0.25, 0.3) is 0 Å². The van der Waals surface area contributed by atoms with E-state index in [9.17, 15) is 24.0 Å². The number of anilines is 2. The summed E-state index contributed by atoms with van der Waals surface area (Å²) in [4.78, 5) is 65.7. The Bertz CT molecular complexity index is 1120. The lowest BCUT2D eigenvalue weighted by Crippen LogP contribution is -2.48. The Kier molecular flexibility index (Phi) is 5.95. The van der Waals surface area contributed by atoms with Crippen molar-refractivity contribution in [3.63, 3.8) is 0 Å². The van der Waals surface area contributed by atoms with E-state index in [1.54, 1.807) is 36.4 Å². The number of carbonyl (C=O) groups is 5. The molecule has 0 aromatic heterocycles. The number of imide groups is 1. The highest BCUT2D eigenvalue weighted by Gasteiger charge is 2.43. The van der Waals surface area contributed by atoms with Gasteiger partial charge in [-0.05, 0) is 36.6 Å². The summed E-state index contributed by atoms with van der Waals surface area (Å²) in [5.41, 5.74) is 1.45. The molecule has 33 heavy (non-hydrogen) atoms. The number of nitrogens with zero attached hydrogens (tertiary/aromatic N) is 2. The number of esters is 1. The standard InChI is InChI=1S/C24H23N3O6/c1-14(2)11-19(27-22(30)15-7-3-4-8-16(15)23(27)31)24(32)33-13-21(29)26-12-20(28)25-17-9-5-6-10-18(17)26/h3-10,14,19H,11-13H2,1-2H3,(H,25,28). The number of fused-ring (bicyclic) bond motifs is 2. The summed E-state index contributed by atoms with van der Waals surface area (Å²) in [5.74, 6) is -2.95. The summed E-state index contributed by atoms with van der Waals surface area (Å²) in [6.07, 6.45) is 0.188. The molecule has 0 saturated heterocycles. The van der Waals surface area contributed by atoms with Crippen LogP contribution in [0.3, 0.4) is 0 Å². The Hall–Kier alpha value is -4.01. The van der Waals surface area contributed by atoms with E-state index in [-0.39, 0.29) is 35.9 Å². The molecule has 0 radical (unpaired) electrons. The fraction of sp³-hybridized carbons (Fsp3) is 0.292. The molecular weight excluding hydrogens is 426 g/mol. The van der Waals surface area contributed by atoms with E-state index in [1.807, 2.05) is 13.8 Å². The molecule has 170 valence electrons. The van der Waals surface area contributed by atoms with Crippen LogP contribution in [-0.4, -0.2) is 53.7 Å². The Morgan fingerprint density at radius 1 is 0.970 bits per heavy atom. The Morgan fingerprint density at radius 2 is 1.58 bits per heavy atom. The highest BCUT2D eigenvalue weighted by Crippen LogP contribution is 2.30. The van der Waals surface area contributed by atoms with Gasteiger partial charge in [0.05, 0.1) is 22.5 Å². The van der Waals surface area contributed by atoms with Crippen LogP contribution in [0.5, 0.6) is 0 Å². The van der Waals surface area contributed by atoms with Gasteiger partial charge in [0.1, 0.15) is 12.6 Å². The number of benzene rings is 2. The number of amides is 4. The molecule has 9 nitrogen and oxygen atoms in total. The molecule has 2 aliphatic heterocycles. The first-order valence-corrected chi connectivity index (χ1v) is 10.6. The van der Waals surface area contributed by atoms with Gasteiger partial charge in [-0.15, -0.1) is 0 Å². The van der Waals surface area contributed by atoms with E-state index in [2.05, 4.69) is 5.32 Å². The molecule has 0 fully saturated rings. The maximum absolute atomic E-state index is 13.0. The largest absolute Gasteiger partial charge is 0.454 e. The van der Waals surface area contributed by atoms with Gasteiger partial charge in [-0.3, -0.25) is 29.0 Å². The lowest BCUT2D eigenvalue weighted by atomic mass is 10.0. The molecule has 2 aliphatic rings. The predicted molar refractivity (Wildman–Crippen MR) is 119 cm³/mol. The Morgan fingerprint density at radius 3 is 2.21 bits per heavy atom. The normalized spacial score (nSPS) is 15.8. The van der Waals surface area contributed by atoms with Gasteiger partial charge < -0.3 is 10.1 Å². The van der Waals surface area contributed by atoms with Crippen LogP contribution >= 0.6 is 0 Å². The van der Waals surface area contributed by atoms with Crippen LogP contribution in [0, 0.1) is 5.92 Å². The molecule has 0 spiro atoms. The minimum Gasteiger partial charge on any atom is -0.454 e. The molecule has 2 aromatic rings. The second-order valence-corrected chi connectivity index (χ2v) is 8.32. The van der Waals surface area contributed by atoms with Crippen molar-refractivity contribution in [3.05, 3.63) is 59.7 Å². The Balaban J connectivity index is 1.50. The first-order chi connectivity index (χ1) is 15.8. The zero-order chi connectivity index (χ0) is 23.7. The molecule has 2 aromatic carbocycles. The van der Waals surface area contributed by atoms with Crippen molar-refractivity contribution in [2.75, 3.05) is 23.4 Å². The topological polar surface area (TPSA) is 113 Å². The molecular formula is C24H23N3O6. The third-order valence-electron chi connectivity index (χ3n) is 5.51. The summed E-state index contributed by atoms with van der Waals surface area (Å²) < 4.78 is 5.27. The predicted octanol–water partition coefficient (Wildman–Crippen LogP) is 2.23. The summed E-state index contributed by atoms with van der Waals surface area (Å²) in [6, 6.07) is 12.0. The fourth-order valence-corrected chi connectivity index (χ4v) is 4.01.